The minimum atomic E-state index is -0.216. The fourth-order valence-electron chi connectivity index (χ4n) is 4.57. The molecule has 0 amide bonds. The quantitative estimate of drug-likeness (QED) is 0.840. The Morgan fingerprint density at radius 2 is 1.45 bits per heavy atom. The number of β-amino-alcohol motifs (C(OH)–C–C–N with tert-alkyl or cyclic N) is 1. The van der Waals surface area contributed by atoms with E-state index in [1.807, 2.05) is 0 Å². The Bertz CT molecular complexity index is 304. The number of hydrogen-bond acceptors (Lipinski definition) is 4. The molecule has 5 unspecified atom stereocenters. The number of morpholine rings is 1. The van der Waals surface area contributed by atoms with Crippen LogP contribution in [0.15, 0.2) is 0 Å². The number of ether oxygens (including phenoxy) is 1. The normalized spacial score (nSPS) is 41.0. The number of rotatable bonds is 4. The summed E-state index contributed by atoms with van der Waals surface area (Å²) >= 11 is 0. The predicted molar refractivity (Wildman–Crippen MR) is 79.7 cm³/mol. The van der Waals surface area contributed by atoms with E-state index in [1.165, 1.54) is 32.4 Å². The van der Waals surface area contributed by atoms with Gasteiger partial charge in [0.15, 0.2) is 0 Å². The Hall–Kier alpha value is -0.160. The molecule has 20 heavy (non-hydrogen) atoms. The first-order chi connectivity index (χ1) is 9.60. The van der Waals surface area contributed by atoms with Crippen LogP contribution >= 0.6 is 0 Å². The van der Waals surface area contributed by atoms with Gasteiger partial charge in [-0.2, -0.15) is 0 Å². The third-order valence-corrected chi connectivity index (χ3v) is 5.24. The lowest BCUT2D eigenvalue weighted by atomic mass is 10.0. The second-order valence-corrected chi connectivity index (χ2v) is 7.30. The summed E-state index contributed by atoms with van der Waals surface area (Å²) in [6.45, 7) is 10.2. The molecule has 0 aromatic rings. The van der Waals surface area contributed by atoms with Crippen LogP contribution in [0.5, 0.6) is 0 Å². The van der Waals surface area contributed by atoms with Crippen LogP contribution in [0.1, 0.15) is 33.1 Å². The highest BCUT2D eigenvalue weighted by molar-refractivity contribution is 4.89. The Morgan fingerprint density at radius 3 is 2.00 bits per heavy atom. The molecule has 1 saturated carbocycles. The van der Waals surface area contributed by atoms with Crippen molar-refractivity contribution in [2.45, 2.75) is 51.4 Å². The molecule has 2 saturated heterocycles. The van der Waals surface area contributed by atoms with E-state index in [0.29, 0.717) is 0 Å². The molecule has 2 heterocycles. The van der Waals surface area contributed by atoms with Crippen molar-refractivity contribution < 1.29 is 9.84 Å². The van der Waals surface area contributed by atoms with Crippen molar-refractivity contribution in [3.05, 3.63) is 0 Å². The first-order valence-corrected chi connectivity index (χ1v) is 8.38. The standard InChI is InChI=1S/C16H30N2O2/c1-12-6-17(7-13(2)20-12)10-16(19)11-18-8-14-4-3-5-15(14)9-18/h12-16,19H,3-11H2,1-2H3. The van der Waals surface area contributed by atoms with Crippen LogP contribution < -0.4 is 0 Å². The van der Waals surface area contributed by atoms with Crippen LogP contribution in [0.4, 0.5) is 0 Å². The van der Waals surface area contributed by atoms with E-state index < -0.39 is 0 Å². The van der Waals surface area contributed by atoms with Crippen molar-refractivity contribution >= 4 is 0 Å². The molecule has 3 fully saturated rings. The fraction of sp³-hybridized carbons (Fsp3) is 1.00. The Kier molecular flexibility index (Phi) is 4.65. The van der Waals surface area contributed by atoms with E-state index in [2.05, 4.69) is 23.6 Å². The predicted octanol–water partition coefficient (Wildman–Crippen LogP) is 1.19. The summed E-state index contributed by atoms with van der Waals surface area (Å²) in [5.74, 6) is 1.84. The molecule has 2 aliphatic heterocycles. The van der Waals surface area contributed by atoms with E-state index in [0.717, 1.165) is 38.0 Å². The van der Waals surface area contributed by atoms with Crippen LogP contribution in [0, 0.1) is 11.8 Å². The number of aliphatic hydroxyl groups is 1. The van der Waals surface area contributed by atoms with Crippen LogP contribution in [0.3, 0.4) is 0 Å². The first-order valence-electron chi connectivity index (χ1n) is 8.38. The second-order valence-electron chi connectivity index (χ2n) is 7.30. The van der Waals surface area contributed by atoms with Crippen LogP contribution in [0.2, 0.25) is 0 Å². The van der Waals surface area contributed by atoms with Crippen LogP contribution in [0.25, 0.3) is 0 Å². The lowest BCUT2D eigenvalue weighted by molar-refractivity contribution is -0.0777. The highest BCUT2D eigenvalue weighted by atomic mass is 16.5. The van der Waals surface area contributed by atoms with Crippen molar-refractivity contribution in [2.75, 3.05) is 39.3 Å². The van der Waals surface area contributed by atoms with Gasteiger partial charge in [-0.1, -0.05) is 6.42 Å². The Labute approximate surface area is 123 Å². The van der Waals surface area contributed by atoms with Gasteiger partial charge >= 0.3 is 0 Å². The van der Waals surface area contributed by atoms with Gasteiger partial charge < -0.3 is 14.7 Å². The summed E-state index contributed by atoms with van der Waals surface area (Å²) < 4.78 is 5.75. The highest BCUT2D eigenvalue weighted by Crippen LogP contribution is 2.37. The van der Waals surface area contributed by atoms with E-state index in [1.54, 1.807) is 0 Å². The number of hydrogen-bond donors (Lipinski definition) is 1. The maximum atomic E-state index is 10.4. The van der Waals surface area contributed by atoms with Crippen molar-refractivity contribution in [1.29, 1.82) is 0 Å². The minimum absolute atomic E-state index is 0.216. The van der Waals surface area contributed by atoms with Crippen molar-refractivity contribution in [2.24, 2.45) is 11.8 Å². The van der Waals surface area contributed by atoms with Gasteiger partial charge in [0.25, 0.3) is 0 Å². The largest absolute Gasteiger partial charge is 0.390 e. The molecule has 0 radical (unpaired) electrons. The second kappa shape index (κ2) is 6.30. The Balaban J connectivity index is 1.42. The minimum Gasteiger partial charge on any atom is -0.390 e. The number of likely N-dealkylation sites (tertiary alicyclic amines) is 1. The summed E-state index contributed by atoms with van der Waals surface area (Å²) in [5.41, 5.74) is 0. The van der Waals surface area contributed by atoms with Crippen LogP contribution in [-0.4, -0.2) is 72.5 Å². The van der Waals surface area contributed by atoms with E-state index in [9.17, 15) is 5.11 Å². The zero-order valence-electron chi connectivity index (χ0n) is 13.0. The third kappa shape index (κ3) is 3.53. The van der Waals surface area contributed by atoms with Gasteiger partial charge in [0, 0.05) is 39.3 Å². The van der Waals surface area contributed by atoms with Gasteiger partial charge in [-0.05, 0) is 38.5 Å². The molecule has 0 spiro atoms. The molecule has 0 aromatic heterocycles. The average Bonchev–Trinajstić information content (AvgIpc) is 2.87. The van der Waals surface area contributed by atoms with E-state index in [-0.39, 0.29) is 18.3 Å². The summed E-state index contributed by atoms with van der Waals surface area (Å²) in [6.07, 6.45) is 4.61. The molecule has 4 nitrogen and oxygen atoms in total. The fourth-order valence-corrected chi connectivity index (χ4v) is 4.57. The molecule has 4 heteroatoms. The summed E-state index contributed by atoms with van der Waals surface area (Å²) in [4.78, 5) is 4.85. The molecule has 0 aromatic carbocycles. The lowest BCUT2D eigenvalue weighted by Crippen LogP contribution is -2.49. The molecular weight excluding hydrogens is 252 g/mol. The highest BCUT2D eigenvalue weighted by Gasteiger charge is 2.36. The molecule has 1 N–H and O–H groups in total. The lowest BCUT2D eigenvalue weighted by Gasteiger charge is -2.36. The first kappa shape index (κ1) is 14.8. The van der Waals surface area contributed by atoms with E-state index >= 15 is 0 Å². The van der Waals surface area contributed by atoms with E-state index in [4.69, 9.17) is 4.74 Å². The monoisotopic (exact) mass is 282 g/mol. The van der Waals surface area contributed by atoms with Crippen molar-refractivity contribution in [3.8, 4) is 0 Å². The van der Waals surface area contributed by atoms with Crippen LogP contribution in [-0.2, 0) is 4.74 Å². The summed E-state index contributed by atoms with van der Waals surface area (Å²) in [6, 6.07) is 0. The molecule has 0 bridgehead atoms. The number of aliphatic hydroxyl groups excluding tert-OH is 1. The number of nitrogens with zero attached hydrogens (tertiary/aromatic N) is 2. The van der Waals surface area contributed by atoms with Gasteiger partial charge in [0.05, 0.1) is 18.3 Å². The molecule has 1 aliphatic carbocycles. The van der Waals surface area contributed by atoms with Gasteiger partial charge in [0.2, 0.25) is 0 Å². The third-order valence-electron chi connectivity index (χ3n) is 5.24. The topological polar surface area (TPSA) is 35.9 Å². The Morgan fingerprint density at radius 1 is 0.950 bits per heavy atom. The average molecular weight is 282 g/mol. The SMILES string of the molecule is CC1CN(CC(O)CN2CC3CCCC3C2)CC(C)O1. The molecule has 3 aliphatic rings. The van der Waals surface area contributed by atoms with Gasteiger partial charge in [-0.15, -0.1) is 0 Å². The molecule has 3 rings (SSSR count). The molecule has 116 valence electrons. The summed E-state index contributed by atoms with van der Waals surface area (Å²) in [7, 11) is 0. The summed E-state index contributed by atoms with van der Waals surface area (Å²) in [5, 5.41) is 10.4. The zero-order chi connectivity index (χ0) is 14.1. The van der Waals surface area contributed by atoms with Crippen molar-refractivity contribution in [1.82, 2.24) is 9.80 Å². The van der Waals surface area contributed by atoms with Gasteiger partial charge in [0.1, 0.15) is 0 Å². The molecule has 5 atom stereocenters. The van der Waals surface area contributed by atoms with Gasteiger partial charge in [-0.3, -0.25) is 4.90 Å². The van der Waals surface area contributed by atoms with Crippen molar-refractivity contribution in [3.63, 3.8) is 0 Å². The maximum Gasteiger partial charge on any atom is 0.0793 e. The molecular formula is C16H30N2O2. The maximum absolute atomic E-state index is 10.4. The van der Waals surface area contributed by atoms with Gasteiger partial charge in [-0.25, -0.2) is 0 Å². The number of fused-ring (bicyclic) bond motifs is 1. The smallest absolute Gasteiger partial charge is 0.0793 e. The zero-order valence-corrected chi connectivity index (χ0v) is 13.0.